The number of ether oxygens (including phenoxy) is 1. The van der Waals surface area contributed by atoms with E-state index < -0.39 is 24.0 Å². The molecule has 1 aromatic heterocycles. The number of nitrogens with zero attached hydrogens (tertiary/aromatic N) is 1. The second-order valence-corrected chi connectivity index (χ2v) is 9.50. The van der Waals surface area contributed by atoms with Crippen LogP contribution in [0.15, 0.2) is 17.5 Å². The number of carbonyl (C=O) groups is 2. The second-order valence-electron chi connectivity index (χ2n) is 8.47. The zero-order valence-electron chi connectivity index (χ0n) is 17.2. The zero-order chi connectivity index (χ0) is 23.6. The number of hydrogen-bond acceptors (Lipinski definition) is 5. The first-order valence-corrected chi connectivity index (χ1v) is 11.1. The predicted octanol–water partition coefficient (Wildman–Crippen LogP) is 3.52. The minimum absolute atomic E-state index is 0.0640. The summed E-state index contributed by atoms with van der Waals surface area (Å²) in [6, 6.07) is 4.23. The summed E-state index contributed by atoms with van der Waals surface area (Å²) in [5.74, 6) is -5.67. The first-order valence-electron chi connectivity index (χ1n) is 10.2. The number of carboxylic acids is 1. The van der Waals surface area contributed by atoms with Gasteiger partial charge in [-0.15, -0.1) is 11.3 Å². The van der Waals surface area contributed by atoms with Gasteiger partial charge in [-0.2, -0.15) is 13.2 Å². The summed E-state index contributed by atoms with van der Waals surface area (Å²) in [5, 5.41) is 12.1. The van der Waals surface area contributed by atoms with Crippen molar-refractivity contribution in [2.24, 2.45) is 11.8 Å². The maximum Gasteiger partial charge on any atom is 0.490 e. The van der Waals surface area contributed by atoms with Gasteiger partial charge in [-0.1, -0.05) is 6.07 Å². The molecule has 1 aliphatic carbocycles. The summed E-state index contributed by atoms with van der Waals surface area (Å²) in [7, 11) is 0. The molecule has 0 aromatic carbocycles. The summed E-state index contributed by atoms with van der Waals surface area (Å²) in [6.07, 6.45) is -3.80. The fourth-order valence-corrected chi connectivity index (χ4v) is 5.09. The minimum Gasteiger partial charge on any atom is -0.475 e. The Bertz CT molecular complexity index is 788. The predicted molar refractivity (Wildman–Crippen MR) is 105 cm³/mol. The number of amides is 1. The summed E-state index contributed by atoms with van der Waals surface area (Å²) in [4.78, 5) is 24.5. The molecule has 2 aliphatic heterocycles. The van der Waals surface area contributed by atoms with E-state index in [-0.39, 0.29) is 24.3 Å². The Morgan fingerprint density at radius 1 is 1.28 bits per heavy atom. The van der Waals surface area contributed by atoms with Gasteiger partial charge in [0.1, 0.15) is 0 Å². The van der Waals surface area contributed by atoms with Crippen LogP contribution in [0.4, 0.5) is 22.0 Å². The number of carbonyl (C=O) groups excluding carboxylic acids is 1. The molecule has 2 N–H and O–H groups in total. The van der Waals surface area contributed by atoms with Gasteiger partial charge in [-0.3, -0.25) is 9.69 Å². The third kappa shape index (κ3) is 6.16. The van der Waals surface area contributed by atoms with Crippen LogP contribution in [-0.4, -0.2) is 65.8 Å². The number of rotatable bonds is 6. The molecule has 1 amide bonds. The average molecular weight is 484 g/mol. The molecular formula is C20H25F5N2O4S. The van der Waals surface area contributed by atoms with E-state index in [1.807, 2.05) is 0 Å². The van der Waals surface area contributed by atoms with Gasteiger partial charge < -0.3 is 15.2 Å². The van der Waals surface area contributed by atoms with Crippen molar-refractivity contribution in [2.75, 3.05) is 26.2 Å². The minimum atomic E-state index is -5.08. The first kappa shape index (κ1) is 24.8. The largest absolute Gasteiger partial charge is 0.490 e. The van der Waals surface area contributed by atoms with E-state index in [9.17, 15) is 26.7 Å². The molecule has 1 unspecified atom stereocenters. The lowest BCUT2D eigenvalue weighted by Crippen LogP contribution is -2.64. The Labute approximate surface area is 185 Å². The van der Waals surface area contributed by atoms with E-state index in [1.54, 1.807) is 11.3 Å². The maximum atomic E-state index is 12.8. The van der Waals surface area contributed by atoms with Gasteiger partial charge in [-0.25, -0.2) is 13.6 Å². The monoisotopic (exact) mass is 484 g/mol. The van der Waals surface area contributed by atoms with Crippen LogP contribution >= 0.6 is 11.3 Å². The van der Waals surface area contributed by atoms with E-state index >= 15 is 0 Å². The Kier molecular flexibility index (Phi) is 7.45. The fraction of sp³-hybridized carbons (Fsp3) is 0.700. The molecule has 32 heavy (non-hydrogen) atoms. The van der Waals surface area contributed by atoms with Gasteiger partial charge in [-0.05, 0) is 30.2 Å². The van der Waals surface area contributed by atoms with Gasteiger partial charge in [0.15, 0.2) is 0 Å². The number of aliphatic carboxylic acids is 1. The van der Waals surface area contributed by atoms with Crippen LogP contribution in [0.1, 0.15) is 30.6 Å². The van der Waals surface area contributed by atoms with Crippen molar-refractivity contribution in [1.82, 2.24) is 10.2 Å². The third-order valence-electron chi connectivity index (χ3n) is 6.04. The highest BCUT2D eigenvalue weighted by molar-refractivity contribution is 7.09. The average Bonchev–Trinajstić information content (AvgIpc) is 3.29. The summed E-state index contributed by atoms with van der Waals surface area (Å²) >= 11 is 1.78. The van der Waals surface area contributed by atoms with E-state index in [0.717, 1.165) is 39.1 Å². The summed E-state index contributed by atoms with van der Waals surface area (Å²) in [5.41, 5.74) is -0.0640. The van der Waals surface area contributed by atoms with Crippen molar-refractivity contribution < 1.29 is 41.4 Å². The van der Waals surface area contributed by atoms with Gasteiger partial charge in [0, 0.05) is 56.4 Å². The molecule has 3 aliphatic rings. The SMILES string of the molecule is O=C(NCCC1CCOC12CN(Cc1cccs1)C2)C1CC(F)(F)C1.O=C(O)C(F)(F)F. The van der Waals surface area contributed by atoms with Gasteiger partial charge in [0.2, 0.25) is 11.8 Å². The smallest absolute Gasteiger partial charge is 0.475 e. The molecule has 180 valence electrons. The van der Waals surface area contributed by atoms with Crippen LogP contribution in [-0.2, 0) is 20.9 Å². The van der Waals surface area contributed by atoms with Gasteiger partial charge in [0.25, 0.3) is 0 Å². The molecule has 3 heterocycles. The number of alkyl halides is 5. The lowest BCUT2D eigenvalue weighted by Gasteiger charge is -2.50. The summed E-state index contributed by atoms with van der Waals surface area (Å²) in [6.45, 7) is 4.20. The normalized spacial score (nSPS) is 24.2. The number of halogens is 5. The van der Waals surface area contributed by atoms with E-state index in [0.29, 0.717) is 12.5 Å². The molecule has 3 fully saturated rings. The van der Waals surface area contributed by atoms with Crippen LogP contribution in [0.5, 0.6) is 0 Å². The van der Waals surface area contributed by atoms with Crippen molar-refractivity contribution in [3.8, 4) is 0 Å². The van der Waals surface area contributed by atoms with Crippen LogP contribution in [0, 0.1) is 11.8 Å². The molecule has 0 radical (unpaired) electrons. The number of likely N-dealkylation sites (tertiary alicyclic amines) is 1. The molecule has 0 bridgehead atoms. The molecule has 2 saturated heterocycles. The topological polar surface area (TPSA) is 78.9 Å². The number of thiophene rings is 1. The second kappa shape index (κ2) is 9.60. The maximum absolute atomic E-state index is 12.8. The zero-order valence-corrected chi connectivity index (χ0v) is 18.0. The van der Waals surface area contributed by atoms with E-state index in [1.165, 1.54) is 4.88 Å². The van der Waals surface area contributed by atoms with Crippen molar-refractivity contribution in [3.63, 3.8) is 0 Å². The third-order valence-corrected chi connectivity index (χ3v) is 6.90. The number of carboxylic acid groups (broad SMARTS) is 1. The first-order chi connectivity index (χ1) is 14.9. The Hall–Kier alpha value is -1.79. The van der Waals surface area contributed by atoms with Crippen molar-refractivity contribution >= 4 is 23.2 Å². The van der Waals surface area contributed by atoms with Crippen LogP contribution in [0.2, 0.25) is 0 Å². The van der Waals surface area contributed by atoms with Crippen LogP contribution < -0.4 is 5.32 Å². The molecule has 6 nitrogen and oxygen atoms in total. The Morgan fingerprint density at radius 2 is 1.94 bits per heavy atom. The highest BCUT2D eigenvalue weighted by Crippen LogP contribution is 2.43. The van der Waals surface area contributed by atoms with Gasteiger partial charge >= 0.3 is 12.1 Å². The Balaban J connectivity index is 0.000000360. The highest BCUT2D eigenvalue weighted by Gasteiger charge is 2.52. The molecular weight excluding hydrogens is 459 g/mol. The molecule has 1 aromatic rings. The molecule has 4 rings (SSSR count). The molecule has 12 heteroatoms. The molecule has 1 atom stereocenters. The lowest BCUT2D eigenvalue weighted by molar-refractivity contribution is -0.192. The quantitative estimate of drug-likeness (QED) is 0.605. The molecule has 1 spiro atoms. The van der Waals surface area contributed by atoms with Crippen molar-refractivity contribution in [1.29, 1.82) is 0 Å². The number of hydrogen-bond donors (Lipinski definition) is 2. The lowest BCUT2D eigenvalue weighted by atomic mass is 9.78. The summed E-state index contributed by atoms with van der Waals surface area (Å²) < 4.78 is 63.5. The van der Waals surface area contributed by atoms with E-state index in [2.05, 4.69) is 27.7 Å². The van der Waals surface area contributed by atoms with E-state index in [4.69, 9.17) is 14.6 Å². The molecule has 1 saturated carbocycles. The van der Waals surface area contributed by atoms with Crippen LogP contribution in [0.25, 0.3) is 0 Å². The number of nitrogens with one attached hydrogen (secondary N) is 1. The highest BCUT2D eigenvalue weighted by atomic mass is 32.1. The van der Waals surface area contributed by atoms with Crippen LogP contribution in [0.3, 0.4) is 0 Å². The van der Waals surface area contributed by atoms with Gasteiger partial charge in [0.05, 0.1) is 5.60 Å². The standard InChI is InChI=1S/C18H24F2N2O2S.C2HF3O2/c19-18(20)8-13(9-18)16(23)21-5-3-14-4-6-24-17(14)11-22(12-17)10-15-2-1-7-25-15;3-2(4,5)1(6)7/h1-2,7,13-14H,3-6,8-12H2,(H,21,23);(H,6,7). The van der Waals surface area contributed by atoms with Crippen molar-refractivity contribution in [2.45, 2.75) is 49.9 Å². The van der Waals surface area contributed by atoms with Crippen molar-refractivity contribution in [3.05, 3.63) is 22.4 Å². The fourth-order valence-electron chi connectivity index (χ4n) is 4.35. The Morgan fingerprint density at radius 3 is 2.47 bits per heavy atom.